The van der Waals surface area contributed by atoms with Gasteiger partial charge >= 0.3 is 0 Å². The summed E-state index contributed by atoms with van der Waals surface area (Å²) in [5.41, 5.74) is 0. The molecule has 0 spiro atoms. The summed E-state index contributed by atoms with van der Waals surface area (Å²) in [5, 5.41) is 3.44. The SMILES string of the molecule is CCCOc1ccnc(N2C[C@H]3CNC[C@H]3C2)n1. The van der Waals surface area contributed by atoms with E-state index in [0.717, 1.165) is 50.4 Å². The van der Waals surface area contributed by atoms with Crippen LogP contribution in [0.3, 0.4) is 0 Å². The number of aromatic nitrogens is 2. The molecule has 0 unspecified atom stereocenters. The zero-order valence-electron chi connectivity index (χ0n) is 10.8. The summed E-state index contributed by atoms with van der Waals surface area (Å²) >= 11 is 0. The van der Waals surface area contributed by atoms with Gasteiger partial charge in [-0.15, -0.1) is 0 Å². The van der Waals surface area contributed by atoms with Crippen molar-refractivity contribution in [1.29, 1.82) is 0 Å². The average Bonchev–Trinajstić information content (AvgIpc) is 2.97. The fourth-order valence-electron chi connectivity index (χ4n) is 2.79. The van der Waals surface area contributed by atoms with Crippen molar-refractivity contribution >= 4 is 5.95 Å². The first-order valence-corrected chi connectivity index (χ1v) is 6.78. The summed E-state index contributed by atoms with van der Waals surface area (Å²) in [7, 11) is 0. The molecule has 5 heteroatoms. The molecular formula is C13H20N4O. The minimum atomic E-state index is 0.692. The van der Waals surface area contributed by atoms with Gasteiger partial charge in [0.05, 0.1) is 6.61 Å². The molecule has 3 rings (SSSR count). The first-order valence-electron chi connectivity index (χ1n) is 6.78. The Kier molecular flexibility index (Phi) is 3.32. The van der Waals surface area contributed by atoms with Crippen molar-refractivity contribution in [2.75, 3.05) is 37.7 Å². The molecule has 2 fully saturated rings. The molecule has 98 valence electrons. The summed E-state index contributed by atoms with van der Waals surface area (Å²) in [4.78, 5) is 11.1. The van der Waals surface area contributed by atoms with Crippen LogP contribution < -0.4 is 15.0 Å². The van der Waals surface area contributed by atoms with E-state index in [1.807, 2.05) is 6.07 Å². The van der Waals surface area contributed by atoms with Crippen LogP contribution in [0, 0.1) is 11.8 Å². The Morgan fingerprint density at radius 3 is 2.89 bits per heavy atom. The van der Waals surface area contributed by atoms with Crippen molar-refractivity contribution in [3.8, 4) is 5.88 Å². The van der Waals surface area contributed by atoms with Crippen LogP contribution >= 0.6 is 0 Å². The molecule has 0 amide bonds. The third kappa shape index (κ3) is 2.27. The van der Waals surface area contributed by atoms with Crippen molar-refractivity contribution in [3.05, 3.63) is 12.3 Å². The lowest BCUT2D eigenvalue weighted by atomic mass is 10.0. The predicted octanol–water partition coefficient (Wildman–Crippen LogP) is 0.921. The summed E-state index contributed by atoms with van der Waals surface area (Å²) in [5.74, 6) is 3.03. The van der Waals surface area contributed by atoms with E-state index in [1.54, 1.807) is 6.20 Å². The number of rotatable bonds is 4. The van der Waals surface area contributed by atoms with Crippen molar-refractivity contribution in [1.82, 2.24) is 15.3 Å². The highest BCUT2D eigenvalue weighted by atomic mass is 16.5. The fraction of sp³-hybridized carbons (Fsp3) is 0.692. The van der Waals surface area contributed by atoms with E-state index < -0.39 is 0 Å². The van der Waals surface area contributed by atoms with Gasteiger partial charge in [-0.25, -0.2) is 4.98 Å². The maximum atomic E-state index is 5.56. The number of nitrogens with one attached hydrogen (secondary N) is 1. The highest BCUT2D eigenvalue weighted by molar-refractivity contribution is 5.34. The second-order valence-corrected chi connectivity index (χ2v) is 5.13. The van der Waals surface area contributed by atoms with Gasteiger partial charge in [0.15, 0.2) is 0 Å². The molecular weight excluding hydrogens is 228 g/mol. The molecule has 1 N–H and O–H groups in total. The zero-order valence-corrected chi connectivity index (χ0v) is 10.8. The molecule has 3 heterocycles. The smallest absolute Gasteiger partial charge is 0.228 e. The molecule has 2 saturated heterocycles. The van der Waals surface area contributed by atoms with Gasteiger partial charge < -0.3 is 15.0 Å². The van der Waals surface area contributed by atoms with Gasteiger partial charge in [0, 0.05) is 38.4 Å². The Labute approximate surface area is 108 Å². The molecule has 1 aromatic heterocycles. The molecule has 2 aliphatic rings. The molecule has 1 aromatic rings. The zero-order chi connectivity index (χ0) is 12.4. The minimum Gasteiger partial charge on any atom is -0.478 e. The standard InChI is InChI=1S/C13H20N4O/c1-2-5-18-12-3-4-15-13(16-12)17-8-10-6-14-7-11(10)9-17/h3-4,10-11,14H,2,5-9H2,1H3/t10-,11+. The van der Waals surface area contributed by atoms with E-state index in [2.05, 4.69) is 27.1 Å². The number of hydrogen-bond acceptors (Lipinski definition) is 5. The van der Waals surface area contributed by atoms with Gasteiger partial charge in [-0.05, 0) is 18.3 Å². The van der Waals surface area contributed by atoms with Crippen LogP contribution in [0.4, 0.5) is 5.95 Å². The number of ether oxygens (including phenoxy) is 1. The molecule has 2 aliphatic heterocycles. The molecule has 0 radical (unpaired) electrons. The molecule has 0 saturated carbocycles. The second kappa shape index (κ2) is 5.10. The van der Waals surface area contributed by atoms with Gasteiger partial charge in [-0.2, -0.15) is 4.98 Å². The van der Waals surface area contributed by atoms with Gasteiger partial charge in [-0.1, -0.05) is 6.92 Å². The Morgan fingerprint density at radius 1 is 1.39 bits per heavy atom. The average molecular weight is 248 g/mol. The van der Waals surface area contributed by atoms with E-state index in [1.165, 1.54) is 0 Å². The molecule has 2 atom stereocenters. The quantitative estimate of drug-likeness (QED) is 0.858. The molecule has 0 aliphatic carbocycles. The molecule has 5 nitrogen and oxygen atoms in total. The van der Waals surface area contributed by atoms with Crippen LogP contribution in [0.2, 0.25) is 0 Å². The van der Waals surface area contributed by atoms with E-state index in [0.29, 0.717) is 12.5 Å². The first-order chi connectivity index (χ1) is 8.86. The summed E-state index contributed by atoms with van der Waals surface area (Å²) in [6.45, 7) is 7.20. The lowest BCUT2D eigenvalue weighted by Gasteiger charge is -2.17. The topological polar surface area (TPSA) is 50.3 Å². The molecule has 0 aromatic carbocycles. The number of hydrogen-bond donors (Lipinski definition) is 1. The Balaban J connectivity index is 1.69. The lowest BCUT2D eigenvalue weighted by Crippen LogP contribution is -2.27. The number of fused-ring (bicyclic) bond motifs is 1. The highest BCUT2D eigenvalue weighted by Gasteiger charge is 2.37. The number of anilines is 1. The summed E-state index contributed by atoms with van der Waals surface area (Å²) in [6, 6.07) is 1.83. The summed E-state index contributed by atoms with van der Waals surface area (Å²) < 4.78 is 5.56. The predicted molar refractivity (Wildman–Crippen MR) is 69.9 cm³/mol. The molecule has 0 bridgehead atoms. The van der Waals surface area contributed by atoms with E-state index in [4.69, 9.17) is 4.74 Å². The Hall–Kier alpha value is -1.36. The van der Waals surface area contributed by atoms with E-state index in [9.17, 15) is 0 Å². The maximum Gasteiger partial charge on any atom is 0.228 e. The number of nitrogens with zero attached hydrogens (tertiary/aromatic N) is 3. The maximum absolute atomic E-state index is 5.56. The Bertz CT molecular complexity index is 400. The third-order valence-corrected chi connectivity index (χ3v) is 3.74. The van der Waals surface area contributed by atoms with Crippen LogP contribution in [0.15, 0.2) is 12.3 Å². The minimum absolute atomic E-state index is 0.692. The van der Waals surface area contributed by atoms with E-state index >= 15 is 0 Å². The Morgan fingerprint density at radius 2 is 2.17 bits per heavy atom. The first kappa shape index (κ1) is 11.7. The largest absolute Gasteiger partial charge is 0.478 e. The van der Waals surface area contributed by atoms with Gasteiger partial charge in [0.2, 0.25) is 11.8 Å². The van der Waals surface area contributed by atoms with Crippen LogP contribution in [0.1, 0.15) is 13.3 Å². The monoisotopic (exact) mass is 248 g/mol. The van der Waals surface area contributed by atoms with Gasteiger partial charge in [0.1, 0.15) is 0 Å². The van der Waals surface area contributed by atoms with Gasteiger partial charge in [0.25, 0.3) is 0 Å². The normalized spacial score (nSPS) is 26.4. The van der Waals surface area contributed by atoms with Crippen LogP contribution in [0.25, 0.3) is 0 Å². The van der Waals surface area contributed by atoms with Crippen molar-refractivity contribution in [2.45, 2.75) is 13.3 Å². The second-order valence-electron chi connectivity index (χ2n) is 5.13. The highest BCUT2D eigenvalue weighted by Crippen LogP contribution is 2.29. The summed E-state index contributed by atoms with van der Waals surface area (Å²) in [6.07, 6.45) is 2.79. The van der Waals surface area contributed by atoms with Crippen LogP contribution in [-0.2, 0) is 0 Å². The van der Waals surface area contributed by atoms with Gasteiger partial charge in [-0.3, -0.25) is 0 Å². The van der Waals surface area contributed by atoms with Crippen molar-refractivity contribution in [3.63, 3.8) is 0 Å². The van der Waals surface area contributed by atoms with Crippen LogP contribution in [0.5, 0.6) is 5.88 Å². The fourth-order valence-corrected chi connectivity index (χ4v) is 2.79. The lowest BCUT2D eigenvalue weighted by molar-refractivity contribution is 0.305. The van der Waals surface area contributed by atoms with E-state index in [-0.39, 0.29) is 0 Å². The van der Waals surface area contributed by atoms with Crippen molar-refractivity contribution in [2.24, 2.45) is 11.8 Å². The van der Waals surface area contributed by atoms with Crippen molar-refractivity contribution < 1.29 is 4.74 Å². The third-order valence-electron chi connectivity index (χ3n) is 3.74. The van der Waals surface area contributed by atoms with Crippen LogP contribution in [-0.4, -0.2) is 42.8 Å². The molecule has 18 heavy (non-hydrogen) atoms.